The molecule has 0 saturated carbocycles. The molecule has 1 fully saturated rings. The highest BCUT2D eigenvalue weighted by Crippen LogP contribution is 2.15. The Morgan fingerprint density at radius 2 is 2.07 bits per heavy atom. The van der Waals surface area contributed by atoms with Crippen LogP contribution in [0.15, 0.2) is 24.3 Å². The monoisotopic (exact) mass is 191 g/mol. The number of ketones is 1. The molecule has 1 aliphatic heterocycles. The molecule has 0 amide bonds. The number of phenols is 1. The van der Waals surface area contributed by atoms with Crippen LogP contribution in [0.1, 0.15) is 23.2 Å². The molecule has 2 N–H and O–H groups in total. The zero-order valence-electron chi connectivity index (χ0n) is 7.86. The highest BCUT2D eigenvalue weighted by Gasteiger charge is 2.22. The minimum atomic E-state index is -0.0282. The van der Waals surface area contributed by atoms with Gasteiger partial charge >= 0.3 is 0 Å². The van der Waals surface area contributed by atoms with E-state index in [2.05, 4.69) is 5.32 Å². The van der Waals surface area contributed by atoms with Crippen LogP contribution in [0.25, 0.3) is 0 Å². The summed E-state index contributed by atoms with van der Waals surface area (Å²) in [7, 11) is 0. The first-order valence-electron chi connectivity index (χ1n) is 4.84. The quantitative estimate of drug-likeness (QED) is 0.693. The maximum Gasteiger partial charge on any atom is 0.179 e. The molecular weight excluding hydrogens is 178 g/mol. The Morgan fingerprint density at radius 1 is 1.36 bits per heavy atom. The van der Waals surface area contributed by atoms with Gasteiger partial charge in [-0.3, -0.25) is 4.79 Å². The lowest BCUT2D eigenvalue weighted by atomic mass is 10.0. The number of aromatic hydroxyl groups is 1. The van der Waals surface area contributed by atoms with E-state index >= 15 is 0 Å². The molecule has 0 bridgehead atoms. The fourth-order valence-corrected chi connectivity index (χ4v) is 1.74. The molecule has 1 unspecified atom stereocenters. The Morgan fingerprint density at radius 3 is 2.64 bits per heavy atom. The van der Waals surface area contributed by atoms with E-state index in [-0.39, 0.29) is 17.6 Å². The molecule has 0 radical (unpaired) electrons. The van der Waals surface area contributed by atoms with Gasteiger partial charge in [-0.2, -0.15) is 0 Å². The lowest BCUT2D eigenvalue weighted by Crippen LogP contribution is -2.30. The summed E-state index contributed by atoms with van der Waals surface area (Å²) < 4.78 is 0. The summed E-state index contributed by atoms with van der Waals surface area (Å²) in [4.78, 5) is 11.8. The van der Waals surface area contributed by atoms with Crippen molar-refractivity contribution in [2.45, 2.75) is 18.9 Å². The molecule has 0 spiro atoms. The van der Waals surface area contributed by atoms with Gasteiger partial charge in [0.05, 0.1) is 6.04 Å². The second-order valence-electron chi connectivity index (χ2n) is 3.56. The standard InChI is InChI=1S/C11H13NO2/c13-9-5-3-8(4-6-9)11(14)10-2-1-7-12-10/h3-6,10,12-13H,1-2,7H2. The number of benzene rings is 1. The van der Waals surface area contributed by atoms with Crippen LogP contribution in [0.3, 0.4) is 0 Å². The number of rotatable bonds is 2. The number of hydrogen-bond donors (Lipinski definition) is 2. The molecule has 74 valence electrons. The summed E-state index contributed by atoms with van der Waals surface area (Å²) in [5.41, 5.74) is 0.669. The van der Waals surface area contributed by atoms with Gasteiger partial charge in [-0.1, -0.05) is 0 Å². The average Bonchev–Trinajstić information content (AvgIpc) is 2.71. The van der Waals surface area contributed by atoms with E-state index in [0.29, 0.717) is 5.56 Å². The summed E-state index contributed by atoms with van der Waals surface area (Å²) in [5.74, 6) is 0.323. The van der Waals surface area contributed by atoms with Crippen molar-refractivity contribution in [1.29, 1.82) is 0 Å². The van der Waals surface area contributed by atoms with Gasteiger partial charge in [-0.15, -0.1) is 0 Å². The van der Waals surface area contributed by atoms with Crippen LogP contribution in [-0.2, 0) is 0 Å². The fourth-order valence-electron chi connectivity index (χ4n) is 1.74. The maximum atomic E-state index is 11.8. The van der Waals surface area contributed by atoms with E-state index in [1.165, 1.54) is 0 Å². The van der Waals surface area contributed by atoms with E-state index in [1.807, 2.05) is 0 Å². The first-order valence-corrected chi connectivity index (χ1v) is 4.84. The van der Waals surface area contributed by atoms with Crippen molar-refractivity contribution in [3.63, 3.8) is 0 Å². The van der Waals surface area contributed by atoms with E-state index in [0.717, 1.165) is 19.4 Å². The molecule has 1 aliphatic rings. The molecule has 3 nitrogen and oxygen atoms in total. The van der Waals surface area contributed by atoms with E-state index in [1.54, 1.807) is 24.3 Å². The lowest BCUT2D eigenvalue weighted by molar-refractivity contribution is 0.0952. The van der Waals surface area contributed by atoms with Gasteiger partial charge < -0.3 is 10.4 Å². The fraction of sp³-hybridized carbons (Fsp3) is 0.364. The van der Waals surface area contributed by atoms with Crippen LogP contribution in [0.2, 0.25) is 0 Å². The molecule has 1 heterocycles. The molecule has 3 heteroatoms. The first kappa shape index (κ1) is 9.21. The van der Waals surface area contributed by atoms with Crippen molar-refractivity contribution in [1.82, 2.24) is 5.32 Å². The number of Topliss-reactive ketones (excluding diaryl/α,β-unsaturated/α-hetero) is 1. The smallest absolute Gasteiger partial charge is 0.179 e. The van der Waals surface area contributed by atoms with Crippen molar-refractivity contribution < 1.29 is 9.90 Å². The van der Waals surface area contributed by atoms with Crippen LogP contribution >= 0.6 is 0 Å². The molecule has 1 atom stereocenters. The van der Waals surface area contributed by atoms with E-state index < -0.39 is 0 Å². The van der Waals surface area contributed by atoms with Crippen LogP contribution in [0.4, 0.5) is 0 Å². The zero-order chi connectivity index (χ0) is 9.97. The van der Waals surface area contributed by atoms with Crippen molar-refractivity contribution in [3.8, 4) is 5.75 Å². The third kappa shape index (κ3) is 1.77. The lowest BCUT2D eigenvalue weighted by Gasteiger charge is -2.08. The largest absolute Gasteiger partial charge is 0.508 e. The number of phenolic OH excluding ortho intramolecular Hbond substituents is 1. The first-order chi connectivity index (χ1) is 6.77. The Kier molecular flexibility index (Phi) is 2.50. The van der Waals surface area contributed by atoms with Gasteiger partial charge in [0.2, 0.25) is 0 Å². The van der Waals surface area contributed by atoms with E-state index in [9.17, 15) is 4.79 Å². The SMILES string of the molecule is O=C(c1ccc(O)cc1)C1CCCN1. The number of nitrogens with one attached hydrogen (secondary N) is 1. The topological polar surface area (TPSA) is 49.3 Å². The number of carbonyl (C=O) groups excluding carboxylic acids is 1. The van der Waals surface area contributed by atoms with Crippen molar-refractivity contribution >= 4 is 5.78 Å². The normalized spacial score (nSPS) is 21.0. The molecule has 1 aromatic rings. The van der Waals surface area contributed by atoms with Gasteiger partial charge in [-0.25, -0.2) is 0 Å². The van der Waals surface area contributed by atoms with Gasteiger partial charge in [0.15, 0.2) is 5.78 Å². The molecular formula is C11H13NO2. The third-order valence-electron chi connectivity index (χ3n) is 2.53. The Bertz CT molecular complexity index is 326. The Labute approximate surface area is 82.8 Å². The van der Waals surface area contributed by atoms with Crippen LogP contribution < -0.4 is 5.32 Å². The van der Waals surface area contributed by atoms with Crippen LogP contribution in [0.5, 0.6) is 5.75 Å². The molecule has 2 rings (SSSR count). The molecule has 0 aromatic heterocycles. The third-order valence-corrected chi connectivity index (χ3v) is 2.53. The van der Waals surface area contributed by atoms with Gasteiger partial charge in [0.1, 0.15) is 5.75 Å². The molecule has 0 aliphatic carbocycles. The highest BCUT2D eigenvalue weighted by molar-refractivity contribution is 6.00. The second-order valence-corrected chi connectivity index (χ2v) is 3.56. The second kappa shape index (κ2) is 3.80. The van der Waals surface area contributed by atoms with Crippen molar-refractivity contribution in [2.24, 2.45) is 0 Å². The molecule has 14 heavy (non-hydrogen) atoms. The summed E-state index contributed by atoms with van der Waals surface area (Å²) in [6.45, 7) is 0.925. The van der Waals surface area contributed by atoms with E-state index in [4.69, 9.17) is 5.11 Å². The average molecular weight is 191 g/mol. The van der Waals surface area contributed by atoms with Gasteiger partial charge in [0, 0.05) is 5.56 Å². The van der Waals surface area contributed by atoms with Gasteiger partial charge in [0.25, 0.3) is 0 Å². The predicted molar refractivity (Wildman–Crippen MR) is 53.5 cm³/mol. The van der Waals surface area contributed by atoms with Crippen molar-refractivity contribution in [3.05, 3.63) is 29.8 Å². The summed E-state index contributed by atoms with van der Waals surface area (Å²) in [6.07, 6.45) is 1.98. The summed E-state index contributed by atoms with van der Waals surface area (Å²) >= 11 is 0. The van der Waals surface area contributed by atoms with Crippen molar-refractivity contribution in [2.75, 3.05) is 6.54 Å². The zero-order valence-corrected chi connectivity index (χ0v) is 7.86. The minimum Gasteiger partial charge on any atom is -0.508 e. The van der Waals surface area contributed by atoms with Crippen LogP contribution in [-0.4, -0.2) is 23.5 Å². The number of carbonyl (C=O) groups is 1. The molecule has 1 aromatic carbocycles. The Hall–Kier alpha value is -1.35. The Balaban J connectivity index is 2.14. The highest BCUT2D eigenvalue weighted by atomic mass is 16.3. The summed E-state index contributed by atoms with van der Waals surface area (Å²) in [6, 6.07) is 6.39. The maximum absolute atomic E-state index is 11.8. The minimum absolute atomic E-state index is 0.0282. The van der Waals surface area contributed by atoms with Gasteiger partial charge in [-0.05, 0) is 43.7 Å². The summed E-state index contributed by atoms with van der Waals surface area (Å²) in [5, 5.41) is 12.2. The predicted octanol–water partition coefficient (Wildman–Crippen LogP) is 1.33. The number of hydrogen-bond acceptors (Lipinski definition) is 3. The molecule has 1 saturated heterocycles. The van der Waals surface area contributed by atoms with Crippen LogP contribution in [0, 0.1) is 0 Å².